The molecule has 7 heteroatoms. The lowest BCUT2D eigenvalue weighted by molar-refractivity contribution is -0.116. The number of amides is 3. The van der Waals surface area contributed by atoms with Crippen LogP contribution in [0.1, 0.15) is 24.2 Å². The smallest absolute Gasteiger partial charge is 0.282 e. The summed E-state index contributed by atoms with van der Waals surface area (Å²) in [6.07, 6.45) is 0. The second-order valence-corrected chi connectivity index (χ2v) is 6.19. The van der Waals surface area contributed by atoms with Crippen LogP contribution in [0.15, 0.2) is 24.3 Å². The minimum Gasteiger partial charge on any atom is -0.339 e. The summed E-state index contributed by atoms with van der Waals surface area (Å²) in [7, 11) is 0. The molecule has 0 aliphatic carbocycles. The molecule has 0 aromatic heterocycles. The number of thioether (sulfide) groups is 1. The Kier molecular flexibility index (Phi) is 6.04. The van der Waals surface area contributed by atoms with Gasteiger partial charge in [0.25, 0.3) is 11.1 Å². The van der Waals surface area contributed by atoms with Crippen molar-refractivity contribution in [2.24, 2.45) is 0 Å². The van der Waals surface area contributed by atoms with Gasteiger partial charge in [-0.1, -0.05) is 11.8 Å². The first-order valence-electron chi connectivity index (χ1n) is 7.66. The van der Waals surface area contributed by atoms with Gasteiger partial charge in [-0.05, 0) is 38.1 Å². The van der Waals surface area contributed by atoms with E-state index >= 15 is 0 Å². The number of hydrogen-bond acceptors (Lipinski definition) is 4. The zero-order valence-electron chi connectivity index (χ0n) is 13.4. The first-order valence-corrected chi connectivity index (χ1v) is 8.64. The fourth-order valence-electron chi connectivity index (χ4n) is 2.33. The van der Waals surface area contributed by atoms with E-state index in [0.29, 0.717) is 30.9 Å². The van der Waals surface area contributed by atoms with Gasteiger partial charge in [0, 0.05) is 36.6 Å². The first kappa shape index (κ1) is 17.3. The van der Waals surface area contributed by atoms with E-state index in [1.807, 2.05) is 13.8 Å². The van der Waals surface area contributed by atoms with Gasteiger partial charge >= 0.3 is 0 Å². The molecule has 0 unspecified atom stereocenters. The lowest BCUT2D eigenvalue weighted by Crippen LogP contribution is -2.33. The molecule has 1 heterocycles. The summed E-state index contributed by atoms with van der Waals surface area (Å²) in [6, 6.07) is 6.81. The van der Waals surface area contributed by atoms with Gasteiger partial charge < -0.3 is 15.1 Å². The van der Waals surface area contributed by atoms with E-state index in [0.717, 1.165) is 5.75 Å². The molecule has 0 radical (unpaired) electrons. The third kappa shape index (κ3) is 4.48. The number of benzene rings is 1. The zero-order valence-corrected chi connectivity index (χ0v) is 14.2. The van der Waals surface area contributed by atoms with Crippen LogP contribution in [-0.2, 0) is 4.79 Å². The van der Waals surface area contributed by atoms with E-state index in [1.165, 1.54) is 16.7 Å². The first-order chi connectivity index (χ1) is 11.0. The number of carbonyl (C=O) groups excluding carboxylic acids is 3. The largest absolute Gasteiger partial charge is 0.339 e. The highest BCUT2D eigenvalue weighted by molar-refractivity contribution is 8.13. The maximum Gasteiger partial charge on any atom is 0.282 e. The lowest BCUT2D eigenvalue weighted by atomic mass is 10.1. The van der Waals surface area contributed by atoms with Gasteiger partial charge in [0.1, 0.15) is 6.54 Å². The Labute approximate surface area is 140 Å². The lowest BCUT2D eigenvalue weighted by Gasteiger charge is -2.18. The fraction of sp³-hybridized carbons (Fsp3) is 0.438. The molecule has 3 amide bonds. The molecule has 2 rings (SSSR count). The molecule has 0 bridgehead atoms. The molecule has 1 N–H and O–H groups in total. The maximum atomic E-state index is 12.2. The number of nitrogens with one attached hydrogen (secondary N) is 1. The van der Waals surface area contributed by atoms with E-state index in [-0.39, 0.29) is 23.6 Å². The summed E-state index contributed by atoms with van der Waals surface area (Å²) in [4.78, 5) is 38.9. The Morgan fingerprint density at radius 1 is 1.22 bits per heavy atom. The minimum atomic E-state index is -0.233. The summed E-state index contributed by atoms with van der Waals surface area (Å²) in [5.41, 5.74) is 1.21. The van der Waals surface area contributed by atoms with Gasteiger partial charge in [0.15, 0.2) is 0 Å². The molecule has 1 aromatic rings. The predicted octanol–water partition coefficient (Wildman–Crippen LogP) is 2.28. The summed E-state index contributed by atoms with van der Waals surface area (Å²) in [5, 5.41) is 2.69. The van der Waals surface area contributed by atoms with Crippen LogP contribution >= 0.6 is 11.8 Å². The molecule has 6 nitrogen and oxygen atoms in total. The van der Waals surface area contributed by atoms with Crippen molar-refractivity contribution in [3.63, 3.8) is 0 Å². The highest BCUT2D eigenvalue weighted by atomic mass is 32.2. The molecule has 1 aliphatic heterocycles. The molecule has 1 aliphatic rings. The fourth-order valence-corrected chi connectivity index (χ4v) is 3.16. The Morgan fingerprint density at radius 3 is 2.39 bits per heavy atom. The Morgan fingerprint density at radius 2 is 1.87 bits per heavy atom. The quantitative estimate of drug-likeness (QED) is 0.866. The SMILES string of the molecule is CCN(CC)C(=O)c1ccc(NC(=O)CN2CCSC2=O)cc1. The minimum absolute atomic E-state index is 0.0208. The number of hydrogen-bond donors (Lipinski definition) is 1. The Balaban J connectivity index is 1.93. The van der Waals surface area contributed by atoms with Gasteiger partial charge in [0.05, 0.1) is 0 Å². The molecule has 23 heavy (non-hydrogen) atoms. The standard InChI is InChI=1S/C16H21N3O3S/c1-3-18(4-2)15(21)12-5-7-13(8-6-12)17-14(20)11-19-9-10-23-16(19)22/h5-8H,3-4,9-11H2,1-2H3,(H,17,20). The predicted molar refractivity (Wildman–Crippen MR) is 91.8 cm³/mol. The Bertz CT molecular complexity index is 585. The van der Waals surface area contributed by atoms with E-state index in [9.17, 15) is 14.4 Å². The van der Waals surface area contributed by atoms with Crippen LogP contribution in [-0.4, -0.2) is 58.8 Å². The molecule has 124 valence electrons. The van der Waals surface area contributed by atoms with Crippen LogP contribution < -0.4 is 5.32 Å². The van der Waals surface area contributed by atoms with Crippen LogP contribution in [0.25, 0.3) is 0 Å². The van der Waals surface area contributed by atoms with E-state index in [2.05, 4.69) is 5.32 Å². The van der Waals surface area contributed by atoms with Gasteiger partial charge in [-0.15, -0.1) is 0 Å². The summed E-state index contributed by atoms with van der Waals surface area (Å²) < 4.78 is 0. The van der Waals surface area contributed by atoms with Crippen LogP contribution in [0.3, 0.4) is 0 Å². The molecule has 1 aromatic carbocycles. The molecule has 0 spiro atoms. The van der Waals surface area contributed by atoms with Crippen LogP contribution in [0.2, 0.25) is 0 Å². The number of rotatable bonds is 6. The van der Waals surface area contributed by atoms with Crippen molar-refractivity contribution >= 4 is 34.5 Å². The van der Waals surface area contributed by atoms with E-state index in [4.69, 9.17) is 0 Å². The van der Waals surface area contributed by atoms with Crippen LogP contribution in [0.5, 0.6) is 0 Å². The van der Waals surface area contributed by atoms with Crippen molar-refractivity contribution in [3.8, 4) is 0 Å². The zero-order chi connectivity index (χ0) is 16.8. The molecule has 0 saturated carbocycles. The number of anilines is 1. The van der Waals surface area contributed by atoms with Gasteiger partial charge in [-0.3, -0.25) is 14.4 Å². The van der Waals surface area contributed by atoms with Crippen molar-refractivity contribution in [2.45, 2.75) is 13.8 Å². The maximum absolute atomic E-state index is 12.2. The van der Waals surface area contributed by atoms with Crippen molar-refractivity contribution < 1.29 is 14.4 Å². The van der Waals surface area contributed by atoms with Crippen molar-refractivity contribution in [2.75, 3.05) is 37.2 Å². The summed E-state index contributed by atoms with van der Waals surface area (Å²) >= 11 is 1.23. The molecule has 1 saturated heterocycles. The average Bonchev–Trinajstić information content (AvgIpc) is 2.94. The summed E-state index contributed by atoms with van der Waals surface area (Å²) in [5.74, 6) is 0.477. The van der Waals surface area contributed by atoms with Gasteiger partial charge in [-0.25, -0.2) is 0 Å². The second-order valence-electron chi connectivity index (χ2n) is 5.14. The average molecular weight is 335 g/mol. The summed E-state index contributed by atoms with van der Waals surface area (Å²) in [6.45, 7) is 5.87. The highest BCUT2D eigenvalue weighted by Gasteiger charge is 2.23. The van der Waals surface area contributed by atoms with Gasteiger partial charge in [-0.2, -0.15) is 0 Å². The van der Waals surface area contributed by atoms with Crippen molar-refractivity contribution in [3.05, 3.63) is 29.8 Å². The normalized spacial score (nSPS) is 14.0. The van der Waals surface area contributed by atoms with Crippen molar-refractivity contribution in [1.82, 2.24) is 9.80 Å². The molecular weight excluding hydrogens is 314 g/mol. The van der Waals surface area contributed by atoms with E-state index < -0.39 is 0 Å². The topological polar surface area (TPSA) is 69.7 Å². The monoisotopic (exact) mass is 335 g/mol. The number of carbonyl (C=O) groups is 3. The number of nitrogens with zero attached hydrogens (tertiary/aromatic N) is 2. The Hall–Kier alpha value is -2.02. The van der Waals surface area contributed by atoms with Gasteiger partial charge in [0.2, 0.25) is 5.91 Å². The van der Waals surface area contributed by atoms with E-state index in [1.54, 1.807) is 29.2 Å². The third-order valence-corrected chi connectivity index (χ3v) is 4.54. The molecule has 0 atom stereocenters. The van der Waals surface area contributed by atoms with Crippen LogP contribution in [0, 0.1) is 0 Å². The van der Waals surface area contributed by atoms with Crippen molar-refractivity contribution in [1.29, 1.82) is 0 Å². The second kappa shape index (κ2) is 8.01. The third-order valence-electron chi connectivity index (χ3n) is 3.65. The molecular formula is C16H21N3O3S. The highest BCUT2D eigenvalue weighted by Crippen LogP contribution is 2.17. The molecule has 1 fully saturated rings. The van der Waals surface area contributed by atoms with Crippen LogP contribution in [0.4, 0.5) is 10.5 Å².